The number of rotatable bonds is 5. The second kappa shape index (κ2) is 6.75. The van der Waals surface area contributed by atoms with Crippen molar-refractivity contribution in [2.24, 2.45) is 0 Å². The van der Waals surface area contributed by atoms with Crippen LogP contribution in [0, 0.1) is 0 Å². The molecule has 0 atom stereocenters. The van der Waals surface area contributed by atoms with Crippen molar-refractivity contribution in [1.29, 1.82) is 0 Å². The molecule has 0 bridgehead atoms. The number of alkyl halides is 2. The van der Waals surface area contributed by atoms with Crippen molar-refractivity contribution in [3.63, 3.8) is 0 Å². The van der Waals surface area contributed by atoms with E-state index in [4.69, 9.17) is 0 Å². The molecule has 2 aromatic carbocycles. The Morgan fingerprint density at radius 2 is 1.85 bits per heavy atom. The first-order valence-corrected chi connectivity index (χ1v) is 8.63. The number of aromatic amines is 1. The number of thioether (sulfide) groups is 1. The topological polar surface area (TPSA) is 75.6 Å². The van der Waals surface area contributed by atoms with E-state index < -0.39 is 5.76 Å². The molecule has 0 aliphatic heterocycles. The van der Waals surface area contributed by atoms with E-state index in [1.165, 1.54) is 4.57 Å². The summed E-state index contributed by atoms with van der Waals surface area (Å²) in [6.07, 6.45) is 0. The van der Waals surface area contributed by atoms with Crippen LogP contribution in [0.4, 0.5) is 14.7 Å². The molecule has 0 radical (unpaired) electrons. The minimum absolute atomic E-state index is 0.0981. The minimum atomic E-state index is -2.62. The fourth-order valence-corrected chi connectivity index (χ4v) is 3.30. The highest BCUT2D eigenvalue weighted by Crippen LogP contribution is 2.28. The van der Waals surface area contributed by atoms with Crippen LogP contribution >= 0.6 is 11.8 Å². The highest BCUT2D eigenvalue weighted by molar-refractivity contribution is 7.99. The zero-order valence-electron chi connectivity index (χ0n) is 13.3. The quantitative estimate of drug-likeness (QED) is 0.521. The fraction of sp³-hybridized carbons (Fsp3) is 0.118. The lowest BCUT2D eigenvalue weighted by Gasteiger charge is -2.08. The van der Waals surface area contributed by atoms with Gasteiger partial charge in [-0.3, -0.25) is 10.1 Å². The van der Waals surface area contributed by atoms with Crippen molar-refractivity contribution < 1.29 is 13.6 Å². The van der Waals surface area contributed by atoms with Crippen LogP contribution in [-0.4, -0.2) is 31.2 Å². The molecule has 0 fully saturated rings. The number of benzene rings is 2. The van der Waals surface area contributed by atoms with E-state index in [-0.39, 0.29) is 17.6 Å². The van der Waals surface area contributed by atoms with E-state index in [0.29, 0.717) is 28.7 Å². The molecule has 4 rings (SSSR count). The van der Waals surface area contributed by atoms with Crippen LogP contribution < -0.4 is 5.32 Å². The number of nitrogens with zero attached hydrogens (tertiary/aromatic N) is 3. The lowest BCUT2D eigenvalue weighted by molar-refractivity contribution is -0.116. The summed E-state index contributed by atoms with van der Waals surface area (Å²) in [4.78, 5) is 23.9. The molecule has 0 saturated heterocycles. The van der Waals surface area contributed by atoms with Crippen LogP contribution in [0.25, 0.3) is 22.1 Å². The smallest absolute Gasteiger partial charge is 0.291 e. The number of H-pyrrole nitrogens is 1. The maximum absolute atomic E-state index is 12.8. The third-order valence-electron chi connectivity index (χ3n) is 3.76. The molecule has 2 heterocycles. The second-order valence-corrected chi connectivity index (χ2v) is 6.46. The number of aromatic nitrogens is 4. The summed E-state index contributed by atoms with van der Waals surface area (Å²) in [5.41, 5.74) is 2.71. The molecule has 26 heavy (non-hydrogen) atoms. The van der Waals surface area contributed by atoms with Gasteiger partial charge in [0.1, 0.15) is 6.54 Å². The predicted molar refractivity (Wildman–Crippen MR) is 96.3 cm³/mol. The van der Waals surface area contributed by atoms with Gasteiger partial charge in [-0.25, -0.2) is 9.97 Å². The summed E-state index contributed by atoms with van der Waals surface area (Å²) < 4.78 is 27.1. The van der Waals surface area contributed by atoms with Gasteiger partial charge in [0.15, 0.2) is 5.16 Å². The van der Waals surface area contributed by atoms with Gasteiger partial charge in [-0.15, -0.1) is 0 Å². The van der Waals surface area contributed by atoms with Gasteiger partial charge in [-0.05, 0) is 36.0 Å². The molecule has 0 spiro atoms. The van der Waals surface area contributed by atoms with Crippen LogP contribution in [0.15, 0.2) is 53.7 Å². The van der Waals surface area contributed by atoms with Gasteiger partial charge in [-0.1, -0.05) is 24.3 Å². The molecule has 0 aliphatic rings. The molecule has 0 unspecified atom stereocenters. The Kier molecular flexibility index (Phi) is 4.29. The Hall–Kier alpha value is -2.94. The first-order valence-electron chi connectivity index (χ1n) is 7.75. The monoisotopic (exact) mass is 373 g/mol. The normalized spacial score (nSPS) is 11.5. The number of halogens is 2. The molecule has 4 aromatic rings. The first kappa shape index (κ1) is 16.5. The largest absolute Gasteiger partial charge is 0.324 e. The summed E-state index contributed by atoms with van der Waals surface area (Å²) in [6.45, 7) is -0.146. The SMILES string of the molecule is O=C(Cn1c(SC(F)F)nc2ccccc21)Nc1nc2ccccc2[nH]1. The predicted octanol–water partition coefficient (Wildman–Crippen LogP) is 3.87. The van der Waals surface area contributed by atoms with Gasteiger partial charge in [0.05, 0.1) is 22.1 Å². The fourth-order valence-electron chi connectivity index (χ4n) is 2.70. The van der Waals surface area contributed by atoms with Crippen molar-refractivity contribution in [2.45, 2.75) is 17.5 Å². The van der Waals surface area contributed by atoms with Gasteiger partial charge in [0, 0.05) is 0 Å². The van der Waals surface area contributed by atoms with Crippen LogP contribution in [0.3, 0.4) is 0 Å². The Balaban J connectivity index is 1.60. The van der Waals surface area contributed by atoms with Crippen LogP contribution in [0.5, 0.6) is 0 Å². The molecule has 9 heteroatoms. The average molecular weight is 373 g/mol. The molecule has 2 aromatic heterocycles. The molecular formula is C17H13F2N5OS. The molecule has 0 aliphatic carbocycles. The summed E-state index contributed by atoms with van der Waals surface area (Å²) >= 11 is 0.318. The molecular weight excluding hydrogens is 360 g/mol. The average Bonchev–Trinajstić information content (AvgIpc) is 3.15. The van der Waals surface area contributed by atoms with E-state index in [0.717, 1.165) is 11.0 Å². The second-order valence-electron chi connectivity index (χ2n) is 5.50. The molecule has 0 saturated carbocycles. The van der Waals surface area contributed by atoms with E-state index in [9.17, 15) is 13.6 Å². The highest BCUT2D eigenvalue weighted by atomic mass is 32.2. The summed E-state index contributed by atoms with van der Waals surface area (Å²) in [7, 11) is 0. The van der Waals surface area contributed by atoms with Crippen molar-refractivity contribution in [3.8, 4) is 0 Å². The number of amides is 1. The molecule has 1 amide bonds. The number of nitrogens with one attached hydrogen (secondary N) is 2. The zero-order valence-corrected chi connectivity index (χ0v) is 14.1. The van der Waals surface area contributed by atoms with E-state index in [2.05, 4.69) is 20.3 Å². The minimum Gasteiger partial charge on any atom is -0.324 e. The lowest BCUT2D eigenvalue weighted by Crippen LogP contribution is -2.20. The third-order valence-corrected chi connectivity index (χ3v) is 4.46. The number of imidazole rings is 2. The number of carbonyl (C=O) groups is 1. The maximum atomic E-state index is 12.8. The number of carbonyl (C=O) groups excluding carboxylic acids is 1. The Labute approximate surface area is 150 Å². The first-order chi connectivity index (χ1) is 12.6. The maximum Gasteiger partial charge on any atom is 0.291 e. The number of fused-ring (bicyclic) bond motifs is 2. The number of hydrogen-bond donors (Lipinski definition) is 2. The van der Waals surface area contributed by atoms with Crippen molar-refractivity contribution in [2.75, 3.05) is 5.32 Å². The Bertz CT molecular complexity index is 1060. The molecule has 132 valence electrons. The third kappa shape index (κ3) is 3.25. The number of para-hydroxylation sites is 4. The van der Waals surface area contributed by atoms with E-state index in [1.54, 1.807) is 24.3 Å². The van der Waals surface area contributed by atoms with Gasteiger partial charge >= 0.3 is 0 Å². The highest BCUT2D eigenvalue weighted by Gasteiger charge is 2.18. The van der Waals surface area contributed by atoms with Crippen LogP contribution in [0.1, 0.15) is 0 Å². The lowest BCUT2D eigenvalue weighted by atomic mass is 10.3. The molecule has 2 N–H and O–H groups in total. The zero-order chi connectivity index (χ0) is 18.1. The van der Waals surface area contributed by atoms with Crippen LogP contribution in [0.2, 0.25) is 0 Å². The van der Waals surface area contributed by atoms with Crippen molar-refractivity contribution in [1.82, 2.24) is 19.5 Å². The molecule has 6 nitrogen and oxygen atoms in total. The summed E-state index contributed by atoms with van der Waals surface area (Å²) in [5.74, 6) is -2.70. The standard InChI is InChI=1S/C17H13F2N5OS/c18-15(19)26-17-22-12-7-3-4-8-13(12)24(17)9-14(25)23-16-20-10-5-1-2-6-11(10)21-16/h1-8,15H,9H2,(H2,20,21,23,25). The van der Waals surface area contributed by atoms with Crippen molar-refractivity contribution >= 4 is 45.7 Å². The summed E-state index contributed by atoms with van der Waals surface area (Å²) in [5, 5.41) is 2.76. The van der Waals surface area contributed by atoms with Gasteiger partial charge in [0.25, 0.3) is 5.76 Å². The van der Waals surface area contributed by atoms with E-state index >= 15 is 0 Å². The van der Waals surface area contributed by atoms with E-state index in [1.807, 2.05) is 24.3 Å². The Morgan fingerprint density at radius 3 is 2.62 bits per heavy atom. The van der Waals surface area contributed by atoms with Gasteiger partial charge in [0.2, 0.25) is 11.9 Å². The van der Waals surface area contributed by atoms with Gasteiger partial charge < -0.3 is 9.55 Å². The van der Waals surface area contributed by atoms with Crippen LogP contribution in [-0.2, 0) is 11.3 Å². The van der Waals surface area contributed by atoms with Gasteiger partial charge in [-0.2, -0.15) is 8.78 Å². The Morgan fingerprint density at radius 1 is 1.12 bits per heavy atom. The number of hydrogen-bond acceptors (Lipinski definition) is 4. The summed E-state index contributed by atoms with van der Waals surface area (Å²) in [6, 6.07) is 14.4. The van der Waals surface area contributed by atoms with Crippen molar-refractivity contribution in [3.05, 3.63) is 48.5 Å². The number of anilines is 1.